The molecular weight excluding hydrogens is 1050 g/mol. The van der Waals surface area contributed by atoms with Crippen molar-refractivity contribution >= 4 is 44.6 Å². The quantitative estimate of drug-likeness (QED) is 0.142. The molecule has 3 heterocycles. The molecule has 0 saturated heterocycles. The fourth-order valence-corrected chi connectivity index (χ4v) is 9.68. The number of ether oxygens (including phenoxy) is 1. The van der Waals surface area contributed by atoms with Crippen molar-refractivity contribution < 1.29 is 25.8 Å². The number of aryl methyl sites for hydroxylation is 2. The Morgan fingerprint density at radius 3 is 1.75 bits per heavy atom. The number of anilines is 4. The zero-order valence-corrected chi connectivity index (χ0v) is 45.8. The van der Waals surface area contributed by atoms with Crippen LogP contribution in [0.4, 0.5) is 22.7 Å². The summed E-state index contributed by atoms with van der Waals surface area (Å²) in [6, 6.07) is 60.3. The van der Waals surface area contributed by atoms with Crippen molar-refractivity contribution in [3.63, 3.8) is 0 Å². The van der Waals surface area contributed by atoms with Crippen molar-refractivity contribution in [2.45, 2.75) is 112 Å². The van der Waals surface area contributed by atoms with Crippen molar-refractivity contribution in [2.24, 2.45) is 0 Å². The number of pyridine rings is 1. The van der Waals surface area contributed by atoms with E-state index in [0.29, 0.717) is 11.5 Å². The first-order chi connectivity index (χ1) is 33.1. The zero-order valence-electron chi connectivity index (χ0n) is 43.5. The molecule has 7 aromatic carbocycles. The molecule has 0 unspecified atom stereocenters. The number of aromatic nitrogens is 2. The number of hydrogen-bond acceptors (Lipinski definition) is 4. The molecule has 9 aromatic rings. The third-order valence-corrected chi connectivity index (χ3v) is 14.4. The maximum Gasteiger partial charge on any atom is 0.135 e. The first-order valence-electron chi connectivity index (χ1n) is 24.7. The molecule has 1 aliphatic heterocycles. The Kier molecular flexibility index (Phi) is 12.8. The maximum absolute atomic E-state index is 7.07. The summed E-state index contributed by atoms with van der Waals surface area (Å²) in [6.45, 7) is 31.7. The number of nitrogens with zero attached hydrogens (tertiary/aromatic N) is 4. The molecule has 0 spiro atoms. The first kappa shape index (κ1) is 49.6. The van der Waals surface area contributed by atoms with Crippen LogP contribution in [0.5, 0.6) is 11.5 Å². The zero-order chi connectivity index (χ0) is 49.5. The van der Waals surface area contributed by atoms with E-state index in [2.05, 4.69) is 263 Å². The minimum atomic E-state index is -0.377. The second-order valence-corrected chi connectivity index (χ2v) is 22.9. The second kappa shape index (κ2) is 18.3. The van der Waals surface area contributed by atoms with Gasteiger partial charge < -0.3 is 19.1 Å². The summed E-state index contributed by atoms with van der Waals surface area (Å²) < 4.78 is 9.30. The average molecular weight is 1110 g/mol. The van der Waals surface area contributed by atoms with Gasteiger partial charge in [0, 0.05) is 61.3 Å². The largest absolute Gasteiger partial charge is 0.509 e. The summed E-state index contributed by atoms with van der Waals surface area (Å²) in [4.78, 5) is 9.64. The van der Waals surface area contributed by atoms with Crippen LogP contribution in [0.3, 0.4) is 0 Å². The summed E-state index contributed by atoms with van der Waals surface area (Å²) in [5.74, 6) is 2.04. The van der Waals surface area contributed by atoms with Crippen LogP contribution in [0.15, 0.2) is 152 Å². The summed E-state index contributed by atoms with van der Waals surface area (Å²) in [7, 11) is 0. The molecule has 0 radical (unpaired) electrons. The Morgan fingerprint density at radius 1 is 0.493 bits per heavy atom. The van der Waals surface area contributed by atoms with Gasteiger partial charge in [-0.3, -0.25) is 0 Å². The van der Waals surface area contributed by atoms with Gasteiger partial charge in [0.05, 0.1) is 0 Å². The number of fused-ring (bicyclic) bond motifs is 4. The van der Waals surface area contributed by atoms with Crippen LogP contribution in [0.1, 0.15) is 115 Å². The molecule has 6 heteroatoms. The Hall–Kier alpha value is -6.42. The monoisotopic (exact) mass is 1110 g/mol. The minimum Gasteiger partial charge on any atom is -0.509 e. The molecule has 1 aliphatic rings. The standard InChI is InChI=1S/C65H65N4O.Pt/c1-42-30-59-60(31-43(42)2)68(41-67(59)51-34-48(63(6,7)8)33-49(35-51)64(9,10)11)52-36-50(65(12,13)46-22-18-15-19-23-46)37-54(39-52)70-53-25-26-55-56-32-45(44-20-16-14-17-21-44)24-27-57(56)69(58(55)40-53)61-38-47(28-29-66-61)62(3,4)5;/h14-38,41H,1-13H3;/q-3;. The molecule has 10 rings (SSSR count). The van der Waals surface area contributed by atoms with Crippen LogP contribution < -0.4 is 14.5 Å². The topological polar surface area (TPSA) is 33.5 Å². The van der Waals surface area contributed by atoms with Gasteiger partial charge in [-0.15, -0.1) is 53.6 Å². The van der Waals surface area contributed by atoms with Crippen molar-refractivity contribution in [1.82, 2.24) is 9.55 Å². The predicted molar refractivity (Wildman–Crippen MR) is 294 cm³/mol. The fraction of sp³-hybridized carbons (Fsp3) is 0.262. The van der Waals surface area contributed by atoms with Gasteiger partial charge >= 0.3 is 0 Å². The van der Waals surface area contributed by atoms with Crippen LogP contribution in [0.25, 0.3) is 38.8 Å². The third-order valence-electron chi connectivity index (χ3n) is 14.4. The normalized spacial score (nSPS) is 13.2. The maximum atomic E-state index is 7.07. The molecule has 0 amide bonds. The van der Waals surface area contributed by atoms with Crippen molar-refractivity contribution in [3.8, 4) is 28.4 Å². The van der Waals surface area contributed by atoms with E-state index in [-0.39, 0.29) is 42.7 Å². The van der Waals surface area contributed by atoms with Gasteiger partial charge in [0.2, 0.25) is 0 Å². The Labute approximate surface area is 436 Å². The van der Waals surface area contributed by atoms with E-state index in [1.165, 1.54) is 38.9 Å². The van der Waals surface area contributed by atoms with E-state index in [4.69, 9.17) is 9.72 Å². The van der Waals surface area contributed by atoms with Gasteiger partial charge in [-0.1, -0.05) is 161 Å². The van der Waals surface area contributed by atoms with Crippen LogP contribution in [0, 0.1) is 32.6 Å². The Balaban J connectivity index is 0.00000624. The molecular formula is C65H65N4OPt-3. The molecule has 71 heavy (non-hydrogen) atoms. The van der Waals surface area contributed by atoms with E-state index in [0.717, 1.165) is 61.5 Å². The summed E-state index contributed by atoms with van der Waals surface area (Å²) in [5, 5.41) is 2.20. The Morgan fingerprint density at radius 2 is 1.11 bits per heavy atom. The van der Waals surface area contributed by atoms with Crippen molar-refractivity contribution in [2.75, 3.05) is 9.80 Å². The van der Waals surface area contributed by atoms with Crippen LogP contribution >= 0.6 is 0 Å². The van der Waals surface area contributed by atoms with E-state index in [1.54, 1.807) is 0 Å². The van der Waals surface area contributed by atoms with Crippen LogP contribution in [0.2, 0.25) is 0 Å². The van der Waals surface area contributed by atoms with Gasteiger partial charge in [0.1, 0.15) is 5.82 Å². The molecule has 0 bridgehead atoms. The molecule has 364 valence electrons. The molecule has 0 atom stereocenters. The van der Waals surface area contributed by atoms with Crippen LogP contribution in [-0.2, 0) is 42.7 Å². The molecule has 0 fully saturated rings. The number of rotatable bonds is 8. The SMILES string of the molecule is Cc1cc2c(cc1C)N(c1cc(C(C)(C)C)cc(C(C)(C)C)c1)[CH-]N2c1[c-]c(Oc2[c-]c3c(cc2)c2cc(-c4ccccc4)ccc2n3-c2cc(C(C)(C)C)ccn2)cc(C(C)(C)c2ccccc2)c1.[Pt]. The molecule has 0 saturated carbocycles. The van der Waals surface area contributed by atoms with Gasteiger partial charge in [0.15, 0.2) is 0 Å². The smallest absolute Gasteiger partial charge is 0.135 e. The third kappa shape index (κ3) is 9.47. The van der Waals surface area contributed by atoms with Crippen LogP contribution in [-0.4, -0.2) is 9.55 Å². The molecule has 5 nitrogen and oxygen atoms in total. The van der Waals surface area contributed by atoms with E-state index in [1.807, 2.05) is 12.3 Å². The fourth-order valence-electron chi connectivity index (χ4n) is 9.68. The minimum absolute atomic E-state index is 0. The molecule has 0 aliphatic carbocycles. The van der Waals surface area contributed by atoms with E-state index < -0.39 is 0 Å². The van der Waals surface area contributed by atoms with Crippen molar-refractivity contribution in [3.05, 3.63) is 210 Å². The first-order valence-corrected chi connectivity index (χ1v) is 24.7. The van der Waals surface area contributed by atoms with Crippen molar-refractivity contribution in [1.29, 1.82) is 0 Å². The summed E-state index contributed by atoms with van der Waals surface area (Å²) in [5.41, 5.74) is 16.6. The second-order valence-electron chi connectivity index (χ2n) is 22.9. The number of benzene rings is 7. The van der Waals surface area contributed by atoms with E-state index >= 15 is 0 Å². The van der Waals surface area contributed by atoms with Gasteiger partial charge in [0.25, 0.3) is 0 Å². The Bertz CT molecular complexity index is 3410. The molecule has 0 N–H and O–H groups in total. The average Bonchev–Trinajstić information content (AvgIpc) is 3.85. The van der Waals surface area contributed by atoms with Gasteiger partial charge in [-0.05, 0) is 128 Å². The van der Waals surface area contributed by atoms with Gasteiger partial charge in [-0.2, -0.15) is 6.07 Å². The van der Waals surface area contributed by atoms with E-state index in [9.17, 15) is 0 Å². The van der Waals surface area contributed by atoms with Gasteiger partial charge in [-0.25, -0.2) is 4.98 Å². The molecule has 2 aromatic heterocycles. The number of hydrogen-bond donors (Lipinski definition) is 0. The predicted octanol–water partition coefficient (Wildman–Crippen LogP) is 17.5. The summed E-state index contributed by atoms with van der Waals surface area (Å²) in [6.07, 6.45) is 1.92. The summed E-state index contributed by atoms with van der Waals surface area (Å²) >= 11 is 0.